The van der Waals surface area contributed by atoms with Gasteiger partial charge in [-0.3, -0.25) is 9.13 Å². The van der Waals surface area contributed by atoms with E-state index in [0.717, 1.165) is 24.0 Å². The molecule has 0 bridgehead atoms. The third kappa shape index (κ3) is 6.16. The maximum Gasteiger partial charge on any atom is 0.340 e. The lowest BCUT2D eigenvalue weighted by Crippen LogP contribution is -2.29. The van der Waals surface area contributed by atoms with Gasteiger partial charge in [-0.2, -0.15) is 4.98 Å². The predicted octanol–water partition coefficient (Wildman–Crippen LogP) is 3.19. The lowest BCUT2D eigenvalue weighted by Gasteiger charge is -2.26. The molecule has 188 valence electrons. The number of aliphatic hydroxyl groups excluding tert-OH is 1. The van der Waals surface area contributed by atoms with Crippen molar-refractivity contribution in [1.29, 1.82) is 0 Å². The molecule has 1 aromatic heterocycles. The zero-order valence-corrected chi connectivity index (χ0v) is 21.1. The second kappa shape index (κ2) is 10.1. The molecule has 11 nitrogen and oxygen atoms in total. The van der Waals surface area contributed by atoms with Crippen LogP contribution in [0.3, 0.4) is 0 Å². The Hall–Kier alpha value is -1.13. The van der Waals surface area contributed by atoms with Crippen molar-refractivity contribution in [3.05, 3.63) is 29.0 Å². The zero-order valence-electron chi connectivity index (χ0n) is 18.5. The first kappa shape index (κ1) is 25.9. The number of hydrogen-bond donors (Lipinski definition) is 4. The molecule has 4 N–H and O–H groups in total. The minimum absolute atomic E-state index is 0.118. The lowest BCUT2D eigenvalue weighted by atomic mass is 10.0. The van der Waals surface area contributed by atoms with Crippen LogP contribution in [0.25, 0.3) is 10.9 Å². The molecule has 1 aromatic carbocycles. The highest BCUT2D eigenvalue weighted by Gasteiger charge is 2.38. The number of nitrogens with zero attached hydrogens (tertiary/aromatic N) is 3. The fraction of sp³-hybridized carbons (Fsp3) is 0.600. The van der Waals surface area contributed by atoms with E-state index in [1.54, 1.807) is 6.07 Å². The van der Waals surface area contributed by atoms with Crippen molar-refractivity contribution in [2.75, 3.05) is 24.5 Å². The standard InChI is InChI=1S/C20H28ClN3O8P2/c1-24(13-4-2-3-5-13)19-15-7-6-12(8-16(15)22-20(21)23-19)18-17(25)9-14(32-18)10-31-34(29,30)11-33(26,27)28/h6-8,13-14,17-18,25H,2-5,9-11H2,1H3,(H,29,30)(H2,26,27,28)/t14-,17+,18-/m0/s1. The summed E-state index contributed by atoms with van der Waals surface area (Å²) in [5.41, 5.74) is 1.25. The molecule has 0 spiro atoms. The minimum Gasteiger partial charge on any atom is -0.390 e. The van der Waals surface area contributed by atoms with E-state index in [0.29, 0.717) is 17.1 Å². The molecule has 4 rings (SSSR count). The predicted molar refractivity (Wildman–Crippen MR) is 126 cm³/mol. The first-order valence-corrected chi connectivity index (χ1v) is 14.9. The van der Waals surface area contributed by atoms with Crippen LogP contribution in [0.1, 0.15) is 43.8 Å². The number of ether oxygens (including phenoxy) is 1. The number of fused-ring (bicyclic) bond motifs is 1. The van der Waals surface area contributed by atoms with Gasteiger partial charge in [-0.1, -0.05) is 18.9 Å². The van der Waals surface area contributed by atoms with E-state index in [1.807, 2.05) is 19.2 Å². The van der Waals surface area contributed by atoms with Crippen LogP contribution < -0.4 is 4.90 Å². The maximum absolute atomic E-state index is 11.9. The Labute approximate surface area is 201 Å². The first-order chi connectivity index (χ1) is 15.9. The summed E-state index contributed by atoms with van der Waals surface area (Å²) in [7, 11) is -7.22. The Morgan fingerprint density at radius 1 is 1.21 bits per heavy atom. The molecule has 14 heteroatoms. The summed E-state index contributed by atoms with van der Waals surface area (Å²) in [5, 5.41) is 11.5. The average molecular weight is 536 g/mol. The fourth-order valence-corrected chi connectivity index (χ4v) is 7.40. The Balaban J connectivity index is 1.50. The second-order valence-corrected chi connectivity index (χ2v) is 13.2. The van der Waals surface area contributed by atoms with E-state index in [9.17, 15) is 19.1 Å². The van der Waals surface area contributed by atoms with E-state index in [2.05, 4.69) is 14.9 Å². The van der Waals surface area contributed by atoms with Gasteiger partial charge in [0, 0.05) is 24.9 Å². The van der Waals surface area contributed by atoms with E-state index in [4.69, 9.17) is 30.6 Å². The van der Waals surface area contributed by atoms with E-state index in [-0.39, 0.29) is 18.3 Å². The van der Waals surface area contributed by atoms with Crippen molar-refractivity contribution < 1.29 is 38.2 Å². The van der Waals surface area contributed by atoms with Crippen molar-refractivity contribution in [3.63, 3.8) is 0 Å². The first-order valence-electron chi connectivity index (χ1n) is 11.0. The largest absolute Gasteiger partial charge is 0.390 e. The summed E-state index contributed by atoms with van der Waals surface area (Å²) in [4.78, 5) is 38.4. The van der Waals surface area contributed by atoms with Gasteiger partial charge in [0.25, 0.3) is 0 Å². The number of aromatic nitrogens is 2. The molecule has 2 heterocycles. The highest BCUT2D eigenvalue weighted by molar-refractivity contribution is 7.70. The van der Waals surface area contributed by atoms with Crippen LogP contribution in [-0.2, 0) is 18.4 Å². The van der Waals surface area contributed by atoms with Crippen LogP contribution in [0, 0.1) is 0 Å². The Morgan fingerprint density at radius 3 is 2.59 bits per heavy atom. The molecule has 0 radical (unpaired) electrons. The molecule has 34 heavy (non-hydrogen) atoms. The molecular formula is C20H28ClN3O8P2. The molecule has 2 aliphatic rings. The maximum atomic E-state index is 11.9. The van der Waals surface area contributed by atoms with Gasteiger partial charge in [-0.15, -0.1) is 0 Å². The van der Waals surface area contributed by atoms with Crippen molar-refractivity contribution >= 4 is 43.5 Å². The molecular weight excluding hydrogens is 508 g/mol. The fourth-order valence-electron chi connectivity index (χ4n) is 4.64. The van der Waals surface area contributed by atoms with Gasteiger partial charge in [-0.05, 0) is 42.1 Å². The van der Waals surface area contributed by atoms with Crippen LogP contribution in [0.2, 0.25) is 5.28 Å². The summed E-state index contributed by atoms with van der Waals surface area (Å²) in [5.74, 6) is -0.530. The van der Waals surface area contributed by atoms with E-state index in [1.165, 1.54) is 12.8 Å². The molecule has 2 aromatic rings. The summed E-state index contributed by atoms with van der Waals surface area (Å²) in [6.07, 6.45) is 2.30. The van der Waals surface area contributed by atoms with Crippen molar-refractivity contribution in [2.24, 2.45) is 0 Å². The zero-order chi connectivity index (χ0) is 24.7. The van der Waals surface area contributed by atoms with Crippen LogP contribution in [0.15, 0.2) is 18.2 Å². The van der Waals surface area contributed by atoms with Gasteiger partial charge in [0.1, 0.15) is 11.9 Å². The van der Waals surface area contributed by atoms with Gasteiger partial charge in [0.15, 0.2) is 5.90 Å². The number of benzene rings is 1. The number of rotatable bonds is 8. The number of aliphatic hydroxyl groups is 1. The minimum atomic E-state index is -4.72. The van der Waals surface area contributed by atoms with Crippen molar-refractivity contribution in [1.82, 2.24) is 9.97 Å². The molecule has 0 amide bonds. The van der Waals surface area contributed by atoms with Gasteiger partial charge in [0.2, 0.25) is 5.28 Å². The number of anilines is 1. The summed E-state index contributed by atoms with van der Waals surface area (Å²) < 4.78 is 33.5. The molecule has 1 aliphatic heterocycles. The SMILES string of the molecule is CN(c1nc(Cl)nc2cc([C@@H]3O[C@H](COP(=O)(O)CP(=O)(O)O)C[C@H]3O)ccc12)C1CCCC1. The van der Waals surface area contributed by atoms with Crippen LogP contribution >= 0.6 is 26.8 Å². The molecule has 1 unspecified atom stereocenters. The van der Waals surface area contributed by atoms with Crippen molar-refractivity contribution in [2.45, 2.75) is 56.5 Å². The lowest BCUT2D eigenvalue weighted by molar-refractivity contribution is -0.00786. The van der Waals surface area contributed by atoms with Gasteiger partial charge in [0.05, 0.1) is 24.3 Å². The topological polar surface area (TPSA) is 163 Å². The second-order valence-electron chi connectivity index (χ2n) is 8.86. The smallest absolute Gasteiger partial charge is 0.340 e. The molecule has 4 atom stereocenters. The molecule has 2 fully saturated rings. The highest BCUT2D eigenvalue weighted by Crippen LogP contribution is 2.55. The highest BCUT2D eigenvalue weighted by atomic mass is 35.5. The van der Waals surface area contributed by atoms with Gasteiger partial charge >= 0.3 is 15.2 Å². The van der Waals surface area contributed by atoms with Crippen LogP contribution in [0.4, 0.5) is 5.82 Å². The van der Waals surface area contributed by atoms with Gasteiger partial charge < -0.3 is 33.9 Å². The van der Waals surface area contributed by atoms with Gasteiger partial charge in [-0.25, -0.2) is 4.98 Å². The van der Waals surface area contributed by atoms with Crippen molar-refractivity contribution in [3.8, 4) is 0 Å². The number of hydrogen-bond acceptors (Lipinski definition) is 8. The van der Waals surface area contributed by atoms with E-state index >= 15 is 0 Å². The third-order valence-corrected chi connectivity index (χ3v) is 9.85. The quantitative estimate of drug-likeness (QED) is 0.290. The summed E-state index contributed by atoms with van der Waals surface area (Å²) in [6, 6.07) is 5.84. The van der Waals surface area contributed by atoms with Crippen LogP contribution in [-0.4, -0.2) is 67.6 Å². The van der Waals surface area contributed by atoms with E-state index < -0.39 is 39.4 Å². The molecule has 1 aliphatic carbocycles. The molecule has 1 saturated carbocycles. The number of halogens is 1. The third-order valence-electron chi connectivity index (χ3n) is 6.23. The summed E-state index contributed by atoms with van der Waals surface area (Å²) >= 11 is 6.22. The Morgan fingerprint density at radius 2 is 1.91 bits per heavy atom. The van der Waals surface area contributed by atoms with Crippen LogP contribution in [0.5, 0.6) is 0 Å². The Kier molecular flexibility index (Phi) is 7.70. The normalized spacial score (nSPS) is 25.6. The average Bonchev–Trinajstić information content (AvgIpc) is 3.39. The monoisotopic (exact) mass is 535 g/mol. The summed E-state index contributed by atoms with van der Waals surface area (Å²) in [6.45, 7) is -0.390. The molecule has 1 saturated heterocycles. The Bertz CT molecular complexity index is 1140.